The van der Waals surface area contributed by atoms with Gasteiger partial charge in [0.05, 0.1) is 16.7 Å². The largest absolute Gasteiger partial charge is 0.370 e. The number of amides is 2. The number of aromatic nitrogens is 2. The number of aryl methyl sites for hydroxylation is 3. The first-order valence-corrected chi connectivity index (χ1v) is 9.92. The molecule has 0 bridgehead atoms. The van der Waals surface area contributed by atoms with Crippen molar-refractivity contribution in [2.45, 2.75) is 40.2 Å². The van der Waals surface area contributed by atoms with Gasteiger partial charge < -0.3 is 15.1 Å². The van der Waals surface area contributed by atoms with Gasteiger partial charge in [0.15, 0.2) is 0 Å². The lowest BCUT2D eigenvalue weighted by Gasteiger charge is -2.25. The summed E-state index contributed by atoms with van der Waals surface area (Å²) in [6.45, 7) is 11.3. The molecule has 0 spiro atoms. The molecule has 3 heterocycles. The van der Waals surface area contributed by atoms with E-state index in [1.165, 1.54) is 10.6 Å². The molecule has 2 aromatic rings. The summed E-state index contributed by atoms with van der Waals surface area (Å²) in [6, 6.07) is 4.06. The van der Waals surface area contributed by atoms with Crippen molar-refractivity contribution in [2.24, 2.45) is 0 Å². The average molecular weight is 374 g/mol. The fourth-order valence-corrected chi connectivity index (χ4v) is 4.31. The lowest BCUT2D eigenvalue weighted by atomic mass is 10.2. The Morgan fingerprint density at radius 3 is 2.73 bits per heavy atom. The van der Waals surface area contributed by atoms with Gasteiger partial charge in [0.2, 0.25) is 0 Å². The van der Waals surface area contributed by atoms with Crippen LogP contribution in [0.3, 0.4) is 0 Å². The number of carbonyl (C=O) groups excluding carboxylic acids is 1. The third-order valence-corrected chi connectivity index (χ3v) is 5.62. The van der Waals surface area contributed by atoms with E-state index in [1.54, 1.807) is 11.3 Å². The molecule has 1 N–H and O–H groups in total. The monoisotopic (exact) mass is 373 g/mol. The first-order chi connectivity index (χ1) is 12.4. The maximum absolute atomic E-state index is 12.7. The number of thiazole rings is 1. The Bertz CT molecular complexity index is 775. The van der Waals surface area contributed by atoms with Gasteiger partial charge in [0.1, 0.15) is 0 Å². The molecule has 2 amide bonds. The van der Waals surface area contributed by atoms with Crippen molar-refractivity contribution in [1.29, 1.82) is 0 Å². The van der Waals surface area contributed by atoms with Gasteiger partial charge in [-0.25, -0.2) is 9.78 Å². The number of urea groups is 1. The minimum atomic E-state index is -0.0744. The van der Waals surface area contributed by atoms with Crippen LogP contribution in [-0.2, 0) is 0 Å². The molecule has 0 unspecified atom stereocenters. The molecule has 1 fully saturated rings. The Kier molecular flexibility index (Phi) is 5.76. The van der Waals surface area contributed by atoms with Gasteiger partial charge in [-0.1, -0.05) is 0 Å². The summed E-state index contributed by atoms with van der Waals surface area (Å²) < 4.78 is 0. The zero-order valence-corrected chi connectivity index (χ0v) is 16.8. The van der Waals surface area contributed by atoms with E-state index in [0.29, 0.717) is 0 Å². The summed E-state index contributed by atoms with van der Waals surface area (Å²) in [5.41, 5.74) is 3.18. The molecule has 7 heteroatoms. The highest BCUT2D eigenvalue weighted by molar-refractivity contribution is 7.11. The smallest absolute Gasteiger partial charge is 0.317 e. The molecule has 1 aliphatic heterocycles. The standard InChI is InChI=1S/C19H27N5OS/c1-13-12-17(6-7-20-13)23-8-5-9-24(11-10-23)19(25)21-14(2)18-15(3)26-16(4)22-18/h6-7,12,14H,5,8-11H2,1-4H3,(H,21,25)/t14-/m0/s1. The number of nitrogens with one attached hydrogen (secondary N) is 1. The molecule has 0 saturated carbocycles. The summed E-state index contributed by atoms with van der Waals surface area (Å²) in [6.07, 6.45) is 2.80. The van der Waals surface area contributed by atoms with Gasteiger partial charge in [-0.2, -0.15) is 0 Å². The van der Waals surface area contributed by atoms with Gasteiger partial charge in [-0.3, -0.25) is 4.98 Å². The average Bonchev–Trinajstić information content (AvgIpc) is 2.81. The second-order valence-corrected chi connectivity index (χ2v) is 8.24. The molecule has 3 rings (SSSR count). The normalized spacial score (nSPS) is 16.3. The van der Waals surface area contributed by atoms with Crippen molar-refractivity contribution in [3.63, 3.8) is 0 Å². The van der Waals surface area contributed by atoms with Crippen molar-refractivity contribution < 1.29 is 4.79 Å². The maximum Gasteiger partial charge on any atom is 0.317 e. The molecule has 0 radical (unpaired) electrons. The summed E-state index contributed by atoms with van der Waals surface area (Å²) in [5, 5.41) is 4.15. The number of hydrogen-bond acceptors (Lipinski definition) is 5. The lowest BCUT2D eigenvalue weighted by Crippen LogP contribution is -2.43. The van der Waals surface area contributed by atoms with Crippen LogP contribution in [0.1, 0.15) is 40.7 Å². The molecule has 140 valence electrons. The van der Waals surface area contributed by atoms with Crippen LogP contribution in [0.15, 0.2) is 18.3 Å². The highest BCUT2D eigenvalue weighted by Gasteiger charge is 2.22. The predicted molar refractivity (Wildman–Crippen MR) is 106 cm³/mol. The highest BCUT2D eigenvalue weighted by Crippen LogP contribution is 2.23. The highest BCUT2D eigenvalue weighted by atomic mass is 32.1. The molecule has 1 atom stereocenters. The van der Waals surface area contributed by atoms with Crippen molar-refractivity contribution in [3.05, 3.63) is 39.6 Å². The van der Waals surface area contributed by atoms with Crippen molar-refractivity contribution in [2.75, 3.05) is 31.1 Å². The molecule has 1 saturated heterocycles. The van der Waals surface area contributed by atoms with Crippen LogP contribution in [-0.4, -0.2) is 47.1 Å². The molecule has 2 aromatic heterocycles. The van der Waals surface area contributed by atoms with E-state index >= 15 is 0 Å². The van der Waals surface area contributed by atoms with Gasteiger partial charge in [0, 0.05) is 48.6 Å². The molecule has 0 aliphatic carbocycles. The van der Waals surface area contributed by atoms with Crippen LogP contribution >= 0.6 is 11.3 Å². The minimum Gasteiger partial charge on any atom is -0.370 e. The second kappa shape index (κ2) is 8.03. The Balaban J connectivity index is 1.60. The summed E-state index contributed by atoms with van der Waals surface area (Å²) in [4.78, 5) is 27.0. The van der Waals surface area contributed by atoms with Crippen molar-refractivity contribution >= 4 is 23.1 Å². The zero-order valence-electron chi connectivity index (χ0n) is 16.0. The Morgan fingerprint density at radius 1 is 1.23 bits per heavy atom. The number of hydrogen-bond donors (Lipinski definition) is 1. The third kappa shape index (κ3) is 4.33. The Labute approximate surface area is 159 Å². The van der Waals surface area contributed by atoms with E-state index in [0.717, 1.165) is 49.0 Å². The van der Waals surface area contributed by atoms with E-state index in [4.69, 9.17) is 0 Å². The van der Waals surface area contributed by atoms with Crippen LogP contribution in [0, 0.1) is 20.8 Å². The van der Waals surface area contributed by atoms with E-state index in [1.807, 2.05) is 37.9 Å². The number of carbonyl (C=O) groups is 1. The Hall–Kier alpha value is -2.15. The van der Waals surface area contributed by atoms with Crippen molar-refractivity contribution in [1.82, 2.24) is 20.2 Å². The maximum atomic E-state index is 12.7. The first kappa shape index (κ1) is 18.6. The third-order valence-electron chi connectivity index (χ3n) is 4.72. The molecule has 26 heavy (non-hydrogen) atoms. The molecular weight excluding hydrogens is 346 g/mol. The quantitative estimate of drug-likeness (QED) is 0.895. The van der Waals surface area contributed by atoms with Gasteiger partial charge in [-0.05, 0) is 46.2 Å². The van der Waals surface area contributed by atoms with E-state index < -0.39 is 0 Å². The number of rotatable bonds is 3. The Morgan fingerprint density at radius 2 is 2.04 bits per heavy atom. The molecule has 0 aromatic carbocycles. The van der Waals surface area contributed by atoms with Gasteiger partial charge >= 0.3 is 6.03 Å². The number of anilines is 1. The predicted octanol–water partition coefficient (Wildman–Crippen LogP) is 3.45. The fourth-order valence-electron chi connectivity index (χ4n) is 3.40. The van der Waals surface area contributed by atoms with E-state index in [9.17, 15) is 4.79 Å². The van der Waals surface area contributed by atoms with Gasteiger partial charge in [-0.15, -0.1) is 11.3 Å². The van der Waals surface area contributed by atoms with E-state index in [2.05, 4.69) is 33.2 Å². The SMILES string of the molecule is Cc1cc(N2CCCN(C(=O)N[C@@H](C)c3nc(C)sc3C)CC2)ccn1. The lowest BCUT2D eigenvalue weighted by molar-refractivity contribution is 0.198. The fraction of sp³-hybridized carbons (Fsp3) is 0.526. The van der Waals surface area contributed by atoms with Crippen LogP contribution in [0.2, 0.25) is 0 Å². The zero-order chi connectivity index (χ0) is 18.7. The minimum absolute atomic E-state index is 0.00434. The van der Waals surface area contributed by atoms with Crippen LogP contribution < -0.4 is 10.2 Å². The number of pyridine rings is 1. The van der Waals surface area contributed by atoms with Crippen LogP contribution in [0.25, 0.3) is 0 Å². The molecule has 6 nitrogen and oxygen atoms in total. The van der Waals surface area contributed by atoms with E-state index in [-0.39, 0.29) is 12.1 Å². The second-order valence-electron chi connectivity index (χ2n) is 6.83. The van der Waals surface area contributed by atoms with Crippen LogP contribution in [0.5, 0.6) is 0 Å². The molecule has 1 aliphatic rings. The summed E-state index contributed by atoms with van der Waals surface area (Å²) >= 11 is 1.67. The first-order valence-electron chi connectivity index (χ1n) is 9.11. The van der Waals surface area contributed by atoms with Crippen molar-refractivity contribution in [3.8, 4) is 0 Å². The summed E-state index contributed by atoms with van der Waals surface area (Å²) in [7, 11) is 0. The number of nitrogens with zero attached hydrogens (tertiary/aromatic N) is 4. The molecular formula is C19H27N5OS. The van der Waals surface area contributed by atoms with Gasteiger partial charge in [0.25, 0.3) is 0 Å². The summed E-state index contributed by atoms with van der Waals surface area (Å²) in [5.74, 6) is 0. The topological polar surface area (TPSA) is 61.4 Å². The van der Waals surface area contributed by atoms with Crippen LogP contribution in [0.4, 0.5) is 10.5 Å².